The van der Waals surface area contributed by atoms with Gasteiger partial charge in [0.1, 0.15) is 0 Å². The molecular weight excluding hydrogens is 124 g/mol. The Hall–Kier alpha value is -0.300. The molecule has 2 bridgehead atoms. The van der Waals surface area contributed by atoms with Gasteiger partial charge < -0.3 is 4.74 Å². The minimum atomic E-state index is 0.653. The van der Waals surface area contributed by atoms with E-state index >= 15 is 0 Å². The topological polar surface area (TPSA) is 12.5 Å². The molecule has 3 rings (SSSR count). The lowest BCUT2D eigenvalue weighted by molar-refractivity contribution is 0.298. The molecule has 0 aromatic carbocycles. The van der Waals surface area contributed by atoms with Gasteiger partial charge in [-0.3, -0.25) is 0 Å². The van der Waals surface area contributed by atoms with Crippen LogP contribution in [0.2, 0.25) is 0 Å². The van der Waals surface area contributed by atoms with Crippen molar-refractivity contribution in [2.45, 2.75) is 18.9 Å². The molecule has 1 aliphatic heterocycles. The Morgan fingerprint density at radius 1 is 1.20 bits per heavy atom. The van der Waals surface area contributed by atoms with Gasteiger partial charge in [-0.1, -0.05) is 12.2 Å². The highest BCUT2D eigenvalue weighted by molar-refractivity contribution is 5.12. The van der Waals surface area contributed by atoms with Crippen LogP contribution in [0.25, 0.3) is 0 Å². The van der Waals surface area contributed by atoms with Crippen molar-refractivity contribution in [3.8, 4) is 0 Å². The molecule has 1 heteroatoms. The van der Waals surface area contributed by atoms with Crippen LogP contribution in [0, 0.1) is 17.8 Å². The van der Waals surface area contributed by atoms with Crippen molar-refractivity contribution in [1.29, 1.82) is 0 Å². The fraction of sp³-hybridized carbons (Fsp3) is 0.778. The summed E-state index contributed by atoms with van der Waals surface area (Å²) in [5.41, 5.74) is 0. The fourth-order valence-corrected chi connectivity index (χ4v) is 2.55. The van der Waals surface area contributed by atoms with Crippen molar-refractivity contribution in [2.75, 3.05) is 6.61 Å². The molecule has 2 fully saturated rings. The quantitative estimate of drug-likeness (QED) is 0.394. The summed E-state index contributed by atoms with van der Waals surface area (Å²) in [5, 5.41) is 0. The number of hydrogen-bond acceptors (Lipinski definition) is 1. The maximum absolute atomic E-state index is 5.31. The third kappa shape index (κ3) is 0.615. The monoisotopic (exact) mass is 136 g/mol. The first-order valence-electron chi connectivity index (χ1n) is 4.23. The lowest BCUT2D eigenvalue weighted by Crippen LogP contribution is -2.13. The maximum atomic E-state index is 5.31. The SMILES string of the molecule is C1=C[C@@H]2C[C@H]1CC2C1CO1. The van der Waals surface area contributed by atoms with E-state index in [-0.39, 0.29) is 0 Å². The van der Waals surface area contributed by atoms with E-state index in [1.165, 1.54) is 12.8 Å². The molecule has 54 valence electrons. The third-order valence-corrected chi connectivity index (χ3v) is 3.17. The highest BCUT2D eigenvalue weighted by atomic mass is 16.6. The van der Waals surface area contributed by atoms with Crippen LogP contribution in [-0.2, 0) is 4.74 Å². The highest BCUT2D eigenvalue weighted by Gasteiger charge is 2.44. The van der Waals surface area contributed by atoms with Gasteiger partial charge in [-0.25, -0.2) is 0 Å². The Kier molecular flexibility index (Phi) is 0.883. The summed E-state index contributed by atoms with van der Waals surface area (Å²) in [4.78, 5) is 0. The zero-order valence-corrected chi connectivity index (χ0v) is 5.99. The average Bonchev–Trinajstić information content (AvgIpc) is 2.60. The Balaban J connectivity index is 1.83. The van der Waals surface area contributed by atoms with E-state index in [1.54, 1.807) is 0 Å². The molecule has 10 heavy (non-hydrogen) atoms. The molecule has 2 unspecified atom stereocenters. The first kappa shape index (κ1) is 5.36. The second-order valence-corrected chi connectivity index (χ2v) is 3.82. The van der Waals surface area contributed by atoms with E-state index < -0.39 is 0 Å². The Bertz CT molecular complexity index is 181. The van der Waals surface area contributed by atoms with E-state index in [9.17, 15) is 0 Å². The van der Waals surface area contributed by atoms with Crippen LogP contribution >= 0.6 is 0 Å². The third-order valence-electron chi connectivity index (χ3n) is 3.17. The lowest BCUT2D eigenvalue weighted by atomic mass is 9.91. The van der Waals surface area contributed by atoms with Gasteiger partial charge in [0.25, 0.3) is 0 Å². The predicted molar refractivity (Wildman–Crippen MR) is 38.6 cm³/mol. The zero-order chi connectivity index (χ0) is 6.55. The van der Waals surface area contributed by atoms with Gasteiger partial charge in [0.05, 0.1) is 12.7 Å². The second kappa shape index (κ2) is 1.65. The first-order valence-corrected chi connectivity index (χ1v) is 4.23. The maximum Gasteiger partial charge on any atom is 0.0843 e. The van der Waals surface area contributed by atoms with Crippen LogP contribution in [0.15, 0.2) is 12.2 Å². The number of epoxide rings is 1. The summed E-state index contributed by atoms with van der Waals surface area (Å²) in [6.45, 7) is 1.04. The van der Waals surface area contributed by atoms with E-state index in [2.05, 4.69) is 12.2 Å². The molecular formula is C9H12O. The summed E-state index contributed by atoms with van der Waals surface area (Å²) in [6, 6.07) is 0. The van der Waals surface area contributed by atoms with Gasteiger partial charge in [-0.05, 0) is 30.6 Å². The molecule has 0 aromatic rings. The van der Waals surface area contributed by atoms with Crippen LogP contribution in [0.5, 0.6) is 0 Å². The standard InChI is InChI=1S/C9H12O/c1-2-7-3-6(1)4-8(7)9-5-10-9/h1-2,6-9H,3-5H2/t6-,7+,8?,9?/m0/s1. The molecule has 0 amide bonds. The second-order valence-electron chi connectivity index (χ2n) is 3.82. The van der Waals surface area contributed by atoms with Crippen molar-refractivity contribution in [1.82, 2.24) is 0 Å². The molecule has 1 heterocycles. The van der Waals surface area contributed by atoms with E-state index in [0.29, 0.717) is 6.10 Å². The van der Waals surface area contributed by atoms with Crippen molar-refractivity contribution in [3.63, 3.8) is 0 Å². The fourth-order valence-electron chi connectivity index (χ4n) is 2.55. The summed E-state index contributed by atoms with van der Waals surface area (Å²) < 4.78 is 5.31. The lowest BCUT2D eigenvalue weighted by Gasteiger charge is -2.14. The summed E-state index contributed by atoms with van der Waals surface area (Å²) in [7, 11) is 0. The smallest absolute Gasteiger partial charge is 0.0843 e. The number of rotatable bonds is 1. The number of allylic oxidation sites excluding steroid dienone is 2. The Labute approximate surface area is 61.1 Å². The first-order chi connectivity index (χ1) is 4.93. The van der Waals surface area contributed by atoms with Gasteiger partial charge in [0.2, 0.25) is 0 Å². The normalized spacial score (nSPS) is 56.0. The molecule has 0 radical (unpaired) electrons. The van der Waals surface area contributed by atoms with Gasteiger partial charge in [0, 0.05) is 0 Å². The minimum Gasteiger partial charge on any atom is -0.373 e. The van der Waals surface area contributed by atoms with Crippen LogP contribution in [0.3, 0.4) is 0 Å². The molecule has 0 aromatic heterocycles. The molecule has 3 aliphatic rings. The Morgan fingerprint density at radius 2 is 2.10 bits per heavy atom. The predicted octanol–water partition coefficient (Wildman–Crippen LogP) is 1.60. The van der Waals surface area contributed by atoms with Gasteiger partial charge in [-0.2, -0.15) is 0 Å². The number of hydrogen-bond donors (Lipinski definition) is 0. The summed E-state index contributed by atoms with van der Waals surface area (Å²) in [6.07, 6.45) is 8.28. The van der Waals surface area contributed by atoms with Crippen molar-refractivity contribution in [2.24, 2.45) is 17.8 Å². The largest absolute Gasteiger partial charge is 0.373 e. The van der Waals surface area contributed by atoms with Gasteiger partial charge in [0.15, 0.2) is 0 Å². The highest BCUT2D eigenvalue weighted by Crippen LogP contribution is 2.47. The molecule has 1 saturated carbocycles. The zero-order valence-electron chi connectivity index (χ0n) is 5.99. The molecule has 0 spiro atoms. The van der Waals surface area contributed by atoms with Gasteiger partial charge in [-0.15, -0.1) is 0 Å². The van der Waals surface area contributed by atoms with E-state index in [0.717, 1.165) is 24.4 Å². The summed E-state index contributed by atoms with van der Waals surface area (Å²) in [5.74, 6) is 2.70. The summed E-state index contributed by atoms with van der Waals surface area (Å²) >= 11 is 0. The van der Waals surface area contributed by atoms with Crippen LogP contribution < -0.4 is 0 Å². The van der Waals surface area contributed by atoms with Crippen molar-refractivity contribution < 1.29 is 4.74 Å². The van der Waals surface area contributed by atoms with Crippen LogP contribution in [0.4, 0.5) is 0 Å². The molecule has 2 aliphatic carbocycles. The van der Waals surface area contributed by atoms with Crippen LogP contribution in [-0.4, -0.2) is 12.7 Å². The molecule has 0 N–H and O–H groups in total. The minimum absolute atomic E-state index is 0.653. The van der Waals surface area contributed by atoms with Crippen LogP contribution in [0.1, 0.15) is 12.8 Å². The molecule has 1 nitrogen and oxygen atoms in total. The van der Waals surface area contributed by atoms with E-state index in [1.807, 2.05) is 0 Å². The number of fused-ring (bicyclic) bond motifs is 2. The Morgan fingerprint density at radius 3 is 2.60 bits per heavy atom. The average molecular weight is 136 g/mol. The van der Waals surface area contributed by atoms with Crippen molar-refractivity contribution in [3.05, 3.63) is 12.2 Å². The molecule has 4 atom stereocenters. The number of ether oxygens (including phenoxy) is 1. The van der Waals surface area contributed by atoms with Crippen molar-refractivity contribution >= 4 is 0 Å². The van der Waals surface area contributed by atoms with E-state index in [4.69, 9.17) is 4.74 Å². The van der Waals surface area contributed by atoms with Gasteiger partial charge >= 0.3 is 0 Å². The molecule has 1 saturated heterocycles.